The molecule has 0 heterocycles. The van der Waals surface area contributed by atoms with E-state index in [-0.39, 0.29) is 6.03 Å². The fourth-order valence-electron chi connectivity index (χ4n) is 2.52. The topological polar surface area (TPSA) is 41.1 Å². The Hall–Kier alpha value is -0.730. The van der Waals surface area contributed by atoms with Gasteiger partial charge in [0.15, 0.2) is 0 Å². The van der Waals surface area contributed by atoms with Crippen LogP contribution in [0.1, 0.15) is 46.5 Å². The number of carbonyl (C=O) groups is 1. The quantitative estimate of drug-likeness (QED) is 0.725. The Morgan fingerprint density at radius 1 is 1.33 bits per heavy atom. The molecule has 2 atom stereocenters. The van der Waals surface area contributed by atoms with Crippen LogP contribution in [-0.2, 0) is 0 Å². The lowest BCUT2D eigenvalue weighted by molar-refractivity contribution is 0.238. The third-order valence-corrected chi connectivity index (χ3v) is 3.00. The molecule has 88 valence electrons. The van der Waals surface area contributed by atoms with Crippen molar-refractivity contribution in [3.05, 3.63) is 0 Å². The van der Waals surface area contributed by atoms with E-state index in [0.29, 0.717) is 11.5 Å². The van der Waals surface area contributed by atoms with E-state index in [1.165, 1.54) is 12.8 Å². The third-order valence-electron chi connectivity index (χ3n) is 3.00. The molecule has 0 aliphatic heterocycles. The van der Waals surface area contributed by atoms with Crippen LogP contribution < -0.4 is 10.6 Å². The number of nitrogens with one attached hydrogen (secondary N) is 2. The first-order valence-corrected chi connectivity index (χ1v) is 5.89. The Balaban J connectivity index is 2.30. The first kappa shape index (κ1) is 12.3. The van der Waals surface area contributed by atoms with Crippen molar-refractivity contribution in [3.8, 4) is 0 Å². The average Bonchev–Trinajstić information content (AvgIpc) is 2.49. The van der Waals surface area contributed by atoms with Crippen molar-refractivity contribution in [2.24, 2.45) is 11.3 Å². The minimum absolute atomic E-state index is 0.0450. The molecule has 15 heavy (non-hydrogen) atoms. The van der Waals surface area contributed by atoms with Crippen LogP contribution in [0.3, 0.4) is 0 Å². The second kappa shape index (κ2) is 4.86. The van der Waals surface area contributed by atoms with E-state index in [1.807, 2.05) is 0 Å². The van der Waals surface area contributed by atoms with Crippen LogP contribution in [0, 0.1) is 11.3 Å². The highest BCUT2D eigenvalue weighted by molar-refractivity contribution is 5.73. The predicted molar refractivity (Wildman–Crippen MR) is 62.8 cm³/mol. The summed E-state index contributed by atoms with van der Waals surface area (Å²) in [6.07, 6.45) is 4.80. The molecule has 0 aromatic rings. The largest absolute Gasteiger partial charge is 0.341 e. The van der Waals surface area contributed by atoms with Gasteiger partial charge in [0, 0.05) is 13.1 Å². The van der Waals surface area contributed by atoms with Gasteiger partial charge in [-0.05, 0) is 37.0 Å². The summed E-state index contributed by atoms with van der Waals surface area (Å²) in [5, 5.41) is 5.60. The Bertz CT molecular complexity index is 220. The molecule has 2 unspecified atom stereocenters. The summed E-state index contributed by atoms with van der Waals surface area (Å²) in [6, 6.07) is 0.341. The highest BCUT2D eigenvalue weighted by atomic mass is 16.2. The molecule has 1 aliphatic carbocycles. The van der Waals surface area contributed by atoms with E-state index in [2.05, 4.69) is 31.4 Å². The molecule has 0 bridgehead atoms. The summed E-state index contributed by atoms with van der Waals surface area (Å²) >= 11 is 0. The molecule has 1 saturated carbocycles. The van der Waals surface area contributed by atoms with Crippen LogP contribution >= 0.6 is 0 Å². The van der Waals surface area contributed by atoms with E-state index in [1.54, 1.807) is 7.05 Å². The van der Waals surface area contributed by atoms with E-state index in [0.717, 1.165) is 18.8 Å². The fourth-order valence-corrected chi connectivity index (χ4v) is 2.52. The number of hydrogen-bond donors (Lipinski definition) is 2. The molecule has 3 heteroatoms. The maximum Gasteiger partial charge on any atom is 0.314 e. The minimum Gasteiger partial charge on any atom is -0.341 e. The predicted octanol–water partition coefficient (Wildman–Crippen LogP) is 2.52. The van der Waals surface area contributed by atoms with Crippen LogP contribution in [0.25, 0.3) is 0 Å². The Labute approximate surface area is 93.0 Å². The van der Waals surface area contributed by atoms with Gasteiger partial charge in [-0.15, -0.1) is 0 Å². The van der Waals surface area contributed by atoms with Gasteiger partial charge < -0.3 is 10.6 Å². The van der Waals surface area contributed by atoms with Gasteiger partial charge in [0.1, 0.15) is 0 Å². The monoisotopic (exact) mass is 212 g/mol. The molecule has 1 fully saturated rings. The number of urea groups is 1. The van der Waals surface area contributed by atoms with Gasteiger partial charge >= 0.3 is 6.03 Å². The van der Waals surface area contributed by atoms with E-state index >= 15 is 0 Å². The Morgan fingerprint density at radius 2 is 2.00 bits per heavy atom. The number of hydrogen-bond acceptors (Lipinski definition) is 1. The average molecular weight is 212 g/mol. The van der Waals surface area contributed by atoms with Gasteiger partial charge in [0.2, 0.25) is 0 Å². The zero-order valence-electron chi connectivity index (χ0n) is 10.4. The molecular formula is C12H24N2O. The van der Waals surface area contributed by atoms with Gasteiger partial charge in [-0.1, -0.05) is 20.8 Å². The first-order valence-electron chi connectivity index (χ1n) is 5.89. The molecule has 1 aliphatic rings. The second-order valence-corrected chi connectivity index (χ2v) is 5.86. The fraction of sp³-hybridized carbons (Fsp3) is 0.917. The molecule has 2 N–H and O–H groups in total. The standard InChI is InChI=1S/C12H24N2O/c1-12(2,3)8-9-5-6-10(7-9)14-11(15)13-4/h9-10H,5-8H2,1-4H3,(H2,13,14,15). The van der Waals surface area contributed by atoms with Crippen LogP contribution in [0.2, 0.25) is 0 Å². The lowest BCUT2D eigenvalue weighted by Crippen LogP contribution is -2.39. The maximum atomic E-state index is 11.1. The molecule has 0 aromatic carbocycles. The molecule has 0 saturated heterocycles. The Kier molecular flexibility index (Phi) is 4.00. The van der Waals surface area contributed by atoms with Crippen molar-refractivity contribution in [3.63, 3.8) is 0 Å². The zero-order chi connectivity index (χ0) is 11.5. The molecule has 1 rings (SSSR count). The lowest BCUT2D eigenvalue weighted by atomic mass is 9.84. The van der Waals surface area contributed by atoms with Crippen LogP contribution in [0.4, 0.5) is 4.79 Å². The van der Waals surface area contributed by atoms with Crippen molar-refractivity contribution >= 4 is 6.03 Å². The van der Waals surface area contributed by atoms with Gasteiger partial charge in [0.25, 0.3) is 0 Å². The van der Waals surface area contributed by atoms with E-state index in [9.17, 15) is 4.79 Å². The summed E-state index contributed by atoms with van der Waals surface area (Å²) in [4.78, 5) is 11.1. The third kappa shape index (κ3) is 4.54. The van der Waals surface area contributed by atoms with E-state index < -0.39 is 0 Å². The SMILES string of the molecule is CNC(=O)NC1CCC(CC(C)(C)C)C1. The van der Waals surface area contributed by atoms with Crippen molar-refractivity contribution in [1.29, 1.82) is 0 Å². The van der Waals surface area contributed by atoms with Gasteiger partial charge in [-0.3, -0.25) is 0 Å². The number of amides is 2. The van der Waals surface area contributed by atoms with Crippen molar-refractivity contribution < 1.29 is 4.79 Å². The molecule has 2 amide bonds. The highest BCUT2D eigenvalue weighted by Crippen LogP contribution is 2.35. The summed E-state index contributed by atoms with van der Waals surface area (Å²) < 4.78 is 0. The number of rotatable bonds is 2. The zero-order valence-corrected chi connectivity index (χ0v) is 10.4. The summed E-state index contributed by atoms with van der Waals surface area (Å²) in [6.45, 7) is 6.85. The van der Waals surface area contributed by atoms with Crippen molar-refractivity contribution in [2.45, 2.75) is 52.5 Å². The summed E-state index contributed by atoms with van der Waals surface area (Å²) in [7, 11) is 1.66. The molecule has 0 aromatic heterocycles. The normalized spacial score (nSPS) is 26.4. The summed E-state index contributed by atoms with van der Waals surface area (Å²) in [5.74, 6) is 0.784. The van der Waals surface area contributed by atoms with Crippen LogP contribution in [-0.4, -0.2) is 19.1 Å². The maximum absolute atomic E-state index is 11.1. The van der Waals surface area contributed by atoms with Gasteiger partial charge in [-0.25, -0.2) is 4.79 Å². The number of carbonyl (C=O) groups excluding carboxylic acids is 1. The molecule has 0 spiro atoms. The second-order valence-electron chi connectivity index (χ2n) is 5.86. The van der Waals surface area contributed by atoms with Gasteiger partial charge in [0.05, 0.1) is 0 Å². The molecular weight excluding hydrogens is 188 g/mol. The summed E-state index contributed by atoms with van der Waals surface area (Å²) in [5.41, 5.74) is 0.409. The minimum atomic E-state index is -0.0450. The van der Waals surface area contributed by atoms with Crippen molar-refractivity contribution in [2.75, 3.05) is 7.05 Å². The lowest BCUT2D eigenvalue weighted by Gasteiger charge is -2.22. The Morgan fingerprint density at radius 3 is 2.53 bits per heavy atom. The van der Waals surface area contributed by atoms with Crippen LogP contribution in [0.15, 0.2) is 0 Å². The first-order chi connectivity index (χ1) is 6.90. The molecule has 3 nitrogen and oxygen atoms in total. The molecule has 0 radical (unpaired) electrons. The smallest absolute Gasteiger partial charge is 0.314 e. The van der Waals surface area contributed by atoms with Gasteiger partial charge in [-0.2, -0.15) is 0 Å². The highest BCUT2D eigenvalue weighted by Gasteiger charge is 2.28. The van der Waals surface area contributed by atoms with Crippen molar-refractivity contribution in [1.82, 2.24) is 10.6 Å². The van der Waals surface area contributed by atoms with E-state index in [4.69, 9.17) is 0 Å². The van der Waals surface area contributed by atoms with Crippen LogP contribution in [0.5, 0.6) is 0 Å².